The van der Waals surface area contributed by atoms with Gasteiger partial charge < -0.3 is 16.0 Å². The predicted octanol–water partition coefficient (Wildman–Crippen LogP) is 1.62. The maximum Gasteiger partial charge on any atom is 0.265 e. The van der Waals surface area contributed by atoms with Gasteiger partial charge in [0.1, 0.15) is 28.7 Å². The number of aromatic nitrogens is 5. The average Bonchev–Trinajstić information content (AvgIpc) is 3.06. The fourth-order valence-corrected chi connectivity index (χ4v) is 2.55. The molecule has 0 aromatic carbocycles. The van der Waals surface area contributed by atoms with Crippen LogP contribution in [0.1, 0.15) is 15.4 Å². The highest BCUT2D eigenvalue weighted by molar-refractivity contribution is 7.07. The van der Waals surface area contributed by atoms with Crippen molar-refractivity contribution in [3.63, 3.8) is 0 Å². The molecule has 3 aromatic heterocycles. The van der Waals surface area contributed by atoms with Crippen LogP contribution in [0.4, 0.5) is 17.5 Å². The third kappa shape index (κ3) is 4.67. The second-order valence-electron chi connectivity index (χ2n) is 5.00. The average molecular weight is 356 g/mol. The Morgan fingerprint density at radius 2 is 2.00 bits per heavy atom. The summed E-state index contributed by atoms with van der Waals surface area (Å²) >= 11 is 1.09. The Balaban J connectivity index is 1.48. The lowest BCUT2D eigenvalue weighted by molar-refractivity contribution is 0.0958. The molecule has 0 aliphatic heterocycles. The minimum Gasteiger partial charge on any atom is -0.368 e. The van der Waals surface area contributed by atoms with Gasteiger partial charge in [0.2, 0.25) is 0 Å². The normalized spacial score (nSPS) is 10.3. The predicted molar refractivity (Wildman–Crippen MR) is 95.0 cm³/mol. The molecule has 9 nitrogen and oxygen atoms in total. The van der Waals surface area contributed by atoms with E-state index in [-0.39, 0.29) is 5.91 Å². The molecule has 0 aliphatic carbocycles. The fraction of sp³-hybridized carbons (Fsp3) is 0.200. The van der Waals surface area contributed by atoms with Crippen LogP contribution in [-0.4, -0.2) is 43.5 Å². The molecule has 0 bridgehead atoms. The first-order chi connectivity index (χ1) is 12.2. The van der Waals surface area contributed by atoms with Gasteiger partial charge in [0.15, 0.2) is 0 Å². The Labute approximate surface area is 148 Å². The number of hydrogen-bond acceptors (Lipinski definition) is 9. The molecular formula is C15H16N8OS. The molecule has 0 saturated carbocycles. The van der Waals surface area contributed by atoms with E-state index in [2.05, 4.69) is 40.5 Å². The standard InChI is InChI=1S/C15H16N8OS/c1-10-14(25-23-22-10)15(24)18-7-6-17-12-8-13(20-9-19-12)21-11-4-2-3-5-16-11/h2-5,8-9H,6-7H2,1H3,(H,18,24)(H2,16,17,19,20,21). The minimum absolute atomic E-state index is 0.172. The molecule has 3 aromatic rings. The first kappa shape index (κ1) is 16.7. The SMILES string of the molecule is Cc1nnsc1C(=O)NCCNc1cc(Nc2ccccn2)ncn1. The van der Waals surface area contributed by atoms with Crippen molar-refractivity contribution in [1.82, 2.24) is 29.9 Å². The van der Waals surface area contributed by atoms with Crippen LogP contribution in [0.25, 0.3) is 0 Å². The van der Waals surface area contributed by atoms with Crippen LogP contribution in [-0.2, 0) is 0 Å². The minimum atomic E-state index is -0.172. The number of carbonyl (C=O) groups excluding carboxylic acids is 1. The maximum absolute atomic E-state index is 11.9. The van der Waals surface area contributed by atoms with Crippen molar-refractivity contribution in [2.24, 2.45) is 0 Å². The molecule has 0 spiro atoms. The van der Waals surface area contributed by atoms with Gasteiger partial charge in [-0.2, -0.15) is 0 Å². The molecular weight excluding hydrogens is 340 g/mol. The number of nitrogens with zero attached hydrogens (tertiary/aromatic N) is 5. The number of hydrogen-bond donors (Lipinski definition) is 3. The quantitative estimate of drug-likeness (QED) is 0.547. The monoisotopic (exact) mass is 356 g/mol. The molecule has 3 rings (SSSR count). The number of aryl methyl sites for hydroxylation is 1. The van der Waals surface area contributed by atoms with Gasteiger partial charge in [-0.3, -0.25) is 4.79 Å². The number of amides is 1. The lowest BCUT2D eigenvalue weighted by Gasteiger charge is -2.08. The van der Waals surface area contributed by atoms with E-state index in [1.54, 1.807) is 19.2 Å². The molecule has 0 radical (unpaired) electrons. The van der Waals surface area contributed by atoms with Gasteiger partial charge in [-0.05, 0) is 30.6 Å². The molecule has 3 N–H and O–H groups in total. The van der Waals surface area contributed by atoms with Crippen molar-refractivity contribution >= 4 is 34.9 Å². The van der Waals surface area contributed by atoms with Crippen LogP contribution in [0.15, 0.2) is 36.8 Å². The van der Waals surface area contributed by atoms with Crippen LogP contribution in [0.2, 0.25) is 0 Å². The smallest absolute Gasteiger partial charge is 0.265 e. The van der Waals surface area contributed by atoms with Crippen molar-refractivity contribution in [3.8, 4) is 0 Å². The van der Waals surface area contributed by atoms with E-state index in [1.807, 2.05) is 18.2 Å². The van der Waals surface area contributed by atoms with Crippen LogP contribution in [0, 0.1) is 6.92 Å². The van der Waals surface area contributed by atoms with E-state index in [1.165, 1.54) is 6.33 Å². The summed E-state index contributed by atoms with van der Waals surface area (Å²) < 4.78 is 3.75. The lowest BCUT2D eigenvalue weighted by atomic mass is 10.4. The summed E-state index contributed by atoms with van der Waals surface area (Å²) in [6.07, 6.45) is 3.16. The number of nitrogens with one attached hydrogen (secondary N) is 3. The van der Waals surface area contributed by atoms with Crippen molar-refractivity contribution in [2.75, 3.05) is 23.7 Å². The number of rotatable bonds is 7. The molecule has 0 unspecified atom stereocenters. The van der Waals surface area contributed by atoms with Crippen molar-refractivity contribution < 1.29 is 4.79 Å². The van der Waals surface area contributed by atoms with Crippen LogP contribution in [0.5, 0.6) is 0 Å². The highest BCUT2D eigenvalue weighted by Gasteiger charge is 2.11. The maximum atomic E-state index is 11.9. The summed E-state index contributed by atoms with van der Waals surface area (Å²) in [5, 5.41) is 12.9. The van der Waals surface area contributed by atoms with Crippen molar-refractivity contribution in [1.29, 1.82) is 0 Å². The summed E-state index contributed by atoms with van der Waals surface area (Å²) in [5.74, 6) is 1.81. The van der Waals surface area contributed by atoms with E-state index in [9.17, 15) is 4.79 Å². The molecule has 1 amide bonds. The topological polar surface area (TPSA) is 118 Å². The van der Waals surface area contributed by atoms with E-state index < -0.39 is 0 Å². The number of anilines is 3. The molecule has 0 saturated heterocycles. The Hall–Kier alpha value is -3.14. The van der Waals surface area contributed by atoms with Gasteiger partial charge in [-0.25, -0.2) is 15.0 Å². The van der Waals surface area contributed by atoms with Crippen molar-refractivity contribution in [2.45, 2.75) is 6.92 Å². The van der Waals surface area contributed by atoms with Crippen molar-refractivity contribution in [3.05, 3.63) is 47.4 Å². The second-order valence-corrected chi connectivity index (χ2v) is 5.75. The Morgan fingerprint density at radius 1 is 1.12 bits per heavy atom. The Morgan fingerprint density at radius 3 is 2.76 bits per heavy atom. The molecule has 0 fully saturated rings. The van der Waals surface area contributed by atoms with Gasteiger partial charge in [-0.15, -0.1) is 5.10 Å². The highest BCUT2D eigenvalue weighted by Crippen LogP contribution is 2.13. The summed E-state index contributed by atoms with van der Waals surface area (Å²) in [6, 6.07) is 7.35. The summed E-state index contributed by atoms with van der Waals surface area (Å²) in [4.78, 5) is 25.0. The van der Waals surface area contributed by atoms with E-state index in [0.29, 0.717) is 41.1 Å². The Kier molecular flexibility index (Phi) is 5.42. The largest absolute Gasteiger partial charge is 0.368 e. The number of pyridine rings is 1. The molecule has 0 aliphatic rings. The van der Waals surface area contributed by atoms with Gasteiger partial charge in [-0.1, -0.05) is 10.6 Å². The fourth-order valence-electron chi connectivity index (χ4n) is 1.98. The molecule has 0 atom stereocenters. The zero-order valence-corrected chi connectivity index (χ0v) is 14.2. The Bertz CT molecular complexity index is 838. The van der Waals surface area contributed by atoms with Gasteiger partial charge in [0.05, 0.1) is 5.69 Å². The second kappa shape index (κ2) is 8.11. The molecule has 128 valence electrons. The van der Waals surface area contributed by atoms with Crippen LogP contribution < -0.4 is 16.0 Å². The van der Waals surface area contributed by atoms with Gasteiger partial charge in [0, 0.05) is 25.4 Å². The van der Waals surface area contributed by atoms with Gasteiger partial charge >= 0.3 is 0 Å². The summed E-state index contributed by atoms with van der Waals surface area (Å²) in [7, 11) is 0. The van der Waals surface area contributed by atoms with E-state index >= 15 is 0 Å². The first-order valence-corrected chi connectivity index (χ1v) is 8.31. The third-order valence-electron chi connectivity index (χ3n) is 3.16. The summed E-state index contributed by atoms with van der Waals surface area (Å²) in [5.41, 5.74) is 0.636. The van der Waals surface area contributed by atoms with Crippen LogP contribution in [0.3, 0.4) is 0 Å². The number of carbonyl (C=O) groups is 1. The highest BCUT2D eigenvalue weighted by atomic mass is 32.1. The lowest BCUT2D eigenvalue weighted by Crippen LogP contribution is -2.28. The van der Waals surface area contributed by atoms with Crippen LogP contribution >= 0.6 is 11.5 Å². The van der Waals surface area contributed by atoms with Gasteiger partial charge in [0.25, 0.3) is 5.91 Å². The summed E-state index contributed by atoms with van der Waals surface area (Å²) in [6.45, 7) is 2.73. The third-order valence-corrected chi connectivity index (χ3v) is 3.99. The molecule has 25 heavy (non-hydrogen) atoms. The van der Waals surface area contributed by atoms with E-state index in [0.717, 1.165) is 11.5 Å². The first-order valence-electron chi connectivity index (χ1n) is 7.53. The van der Waals surface area contributed by atoms with E-state index in [4.69, 9.17) is 0 Å². The molecule has 10 heteroatoms. The zero-order valence-electron chi connectivity index (χ0n) is 13.4. The zero-order chi connectivity index (χ0) is 17.5. The molecule has 3 heterocycles.